The highest BCUT2D eigenvalue weighted by molar-refractivity contribution is 4.92. The first-order valence-electron chi connectivity index (χ1n) is 4.17. The highest BCUT2D eigenvalue weighted by atomic mass is 15.3. The second-order valence-corrected chi connectivity index (χ2v) is 2.74. The summed E-state index contributed by atoms with van der Waals surface area (Å²) in [5.41, 5.74) is 0. The Morgan fingerprint density at radius 3 is 2.82 bits per heavy atom. The van der Waals surface area contributed by atoms with Gasteiger partial charge in [0.2, 0.25) is 0 Å². The fourth-order valence-electron chi connectivity index (χ4n) is 1.08. The van der Waals surface area contributed by atoms with Crippen LogP contribution in [0.1, 0.15) is 38.9 Å². The van der Waals surface area contributed by atoms with Crippen LogP contribution in [-0.4, -0.2) is 14.8 Å². The summed E-state index contributed by atoms with van der Waals surface area (Å²) < 4.78 is 1.95. The summed E-state index contributed by atoms with van der Waals surface area (Å²) in [6, 6.07) is 0. The lowest BCUT2D eigenvalue weighted by molar-refractivity contribution is 0.562. The summed E-state index contributed by atoms with van der Waals surface area (Å²) in [6.07, 6.45) is 2.75. The van der Waals surface area contributed by atoms with E-state index in [9.17, 15) is 0 Å². The molecule has 3 nitrogen and oxygen atoms in total. The predicted molar refractivity (Wildman–Crippen MR) is 44.4 cm³/mol. The van der Waals surface area contributed by atoms with Gasteiger partial charge < -0.3 is 0 Å². The molecule has 11 heavy (non-hydrogen) atoms. The molecular weight excluding hydrogens is 138 g/mol. The van der Waals surface area contributed by atoms with E-state index in [1.54, 1.807) is 6.33 Å². The fraction of sp³-hybridized carbons (Fsp3) is 0.750. The van der Waals surface area contributed by atoms with Gasteiger partial charge in [-0.2, -0.15) is 5.10 Å². The van der Waals surface area contributed by atoms with Crippen LogP contribution < -0.4 is 0 Å². The zero-order valence-corrected chi connectivity index (χ0v) is 7.41. The molecular formula is C8H15N3. The second-order valence-electron chi connectivity index (χ2n) is 2.74. The lowest BCUT2D eigenvalue weighted by Crippen LogP contribution is -2.06. The first-order valence-corrected chi connectivity index (χ1v) is 4.17. The van der Waals surface area contributed by atoms with Crippen molar-refractivity contribution >= 4 is 0 Å². The third-order valence-corrected chi connectivity index (χ3v) is 2.00. The van der Waals surface area contributed by atoms with Crippen LogP contribution in [0.25, 0.3) is 0 Å². The first kappa shape index (κ1) is 8.24. The van der Waals surface area contributed by atoms with E-state index < -0.39 is 0 Å². The third kappa shape index (κ3) is 1.59. The average Bonchev–Trinajstić information content (AvgIpc) is 2.50. The minimum atomic E-state index is 0.525. The van der Waals surface area contributed by atoms with Crippen LogP contribution in [0.2, 0.25) is 0 Å². The molecule has 0 aliphatic rings. The van der Waals surface area contributed by atoms with Crippen molar-refractivity contribution in [2.24, 2.45) is 0 Å². The van der Waals surface area contributed by atoms with Gasteiger partial charge in [0.1, 0.15) is 12.2 Å². The van der Waals surface area contributed by atoms with E-state index in [0.717, 1.165) is 18.8 Å². The molecule has 1 rings (SSSR count). The molecule has 1 aromatic heterocycles. The zero-order valence-electron chi connectivity index (χ0n) is 7.41. The Bertz CT molecular complexity index is 217. The van der Waals surface area contributed by atoms with Crippen molar-refractivity contribution in [3.8, 4) is 0 Å². The number of hydrogen-bond donors (Lipinski definition) is 0. The topological polar surface area (TPSA) is 30.7 Å². The molecule has 0 unspecified atom stereocenters. The normalized spacial score (nSPS) is 13.4. The number of rotatable bonds is 3. The van der Waals surface area contributed by atoms with Gasteiger partial charge in [0.15, 0.2) is 0 Å². The molecule has 0 N–H and O–H groups in total. The quantitative estimate of drug-likeness (QED) is 0.663. The Balaban J connectivity index is 2.83. The average molecular weight is 153 g/mol. The van der Waals surface area contributed by atoms with Gasteiger partial charge in [-0.1, -0.05) is 13.8 Å². The number of hydrogen-bond acceptors (Lipinski definition) is 2. The summed E-state index contributed by atoms with van der Waals surface area (Å²) in [7, 11) is 0. The number of aryl methyl sites for hydroxylation is 1. The number of nitrogens with zero attached hydrogens (tertiary/aromatic N) is 3. The Morgan fingerprint density at radius 1 is 1.55 bits per heavy atom. The van der Waals surface area contributed by atoms with E-state index in [2.05, 4.69) is 30.9 Å². The number of aromatic nitrogens is 3. The molecule has 62 valence electrons. The standard InChI is InChI=1S/C8H15N3/c1-4-7(3)8-9-6-10-11(8)5-2/h6-7H,4-5H2,1-3H3/t7-/m1/s1. The van der Waals surface area contributed by atoms with E-state index in [-0.39, 0.29) is 0 Å². The maximum absolute atomic E-state index is 4.21. The van der Waals surface area contributed by atoms with Crippen LogP contribution in [0.4, 0.5) is 0 Å². The molecule has 0 radical (unpaired) electrons. The van der Waals surface area contributed by atoms with Gasteiger partial charge >= 0.3 is 0 Å². The van der Waals surface area contributed by atoms with Crippen molar-refractivity contribution in [3.63, 3.8) is 0 Å². The van der Waals surface area contributed by atoms with Crippen molar-refractivity contribution in [2.75, 3.05) is 0 Å². The van der Waals surface area contributed by atoms with Gasteiger partial charge in [0.25, 0.3) is 0 Å². The molecule has 1 atom stereocenters. The van der Waals surface area contributed by atoms with Crippen LogP contribution in [0.3, 0.4) is 0 Å². The highest BCUT2D eigenvalue weighted by Gasteiger charge is 2.08. The third-order valence-electron chi connectivity index (χ3n) is 2.00. The second kappa shape index (κ2) is 3.51. The van der Waals surface area contributed by atoms with Crippen molar-refractivity contribution in [2.45, 2.75) is 39.7 Å². The van der Waals surface area contributed by atoms with Crippen molar-refractivity contribution in [1.82, 2.24) is 14.8 Å². The van der Waals surface area contributed by atoms with E-state index in [4.69, 9.17) is 0 Å². The van der Waals surface area contributed by atoms with E-state index in [1.165, 1.54) is 0 Å². The van der Waals surface area contributed by atoms with Gasteiger partial charge in [-0.15, -0.1) is 0 Å². The van der Waals surface area contributed by atoms with E-state index in [1.807, 2.05) is 4.68 Å². The molecule has 1 heterocycles. The van der Waals surface area contributed by atoms with Gasteiger partial charge in [-0.3, -0.25) is 4.68 Å². The molecule has 0 aliphatic heterocycles. The molecule has 1 aromatic rings. The Labute approximate surface area is 67.4 Å². The monoisotopic (exact) mass is 153 g/mol. The van der Waals surface area contributed by atoms with Crippen molar-refractivity contribution in [3.05, 3.63) is 12.2 Å². The summed E-state index contributed by atoms with van der Waals surface area (Å²) in [6.45, 7) is 7.34. The van der Waals surface area contributed by atoms with E-state index >= 15 is 0 Å². The highest BCUT2D eigenvalue weighted by Crippen LogP contribution is 2.14. The summed E-state index contributed by atoms with van der Waals surface area (Å²) in [5, 5.41) is 4.11. The summed E-state index contributed by atoms with van der Waals surface area (Å²) in [5.74, 6) is 1.63. The molecule has 0 bridgehead atoms. The maximum Gasteiger partial charge on any atom is 0.138 e. The molecule has 0 spiro atoms. The lowest BCUT2D eigenvalue weighted by Gasteiger charge is -2.07. The Kier molecular flexibility index (Phi) is 2.63. The van der Waals surface area contributed by atoms with Gasteiger partial charge in [0.05, 0.1) is 0 Å². The fourth-order valence-corrected chi connectivity index (χ4v) is 1.08. The molecule has 0 saturated heterocycles. The molecule has 0 fully saturated rings. The minimum absolute atomic E-state index is 0.525. The predicted octanol–water partition coefficient (Wildman–Crippen LogP) is 1.81. The van der Waals surface area contributed by atoms with Crippen LogP contribution in [-0.2, 0) is 6.54 Å². The van der Waals surface area contributed by atoms with Gasteiger partial charge in [-0.05, 0) is 13.3 Å². The van der Waals surface area contributed by atoms with Crippen molar-refractivity contribution < 1.29 is 0 Å². The SMILES string of the molecule is CC[C@@H](C)c1ncnn1CC. The molecule has 0 saturated carbocycles. The van der Waals surface area contributed by atoms with E-state index in [0.29, 0.717) is 5.92 Å². The smallest absolute Gasteiger partial charge is 0.138 e. The molecule has 0 aliphatic carbocycles. The first-order chi connectivity index (χ1) is 5.29. The zero-order chi connectivity index (χ0) is 8.27. The minimum Gasteiger partial charge on any atom is -0.250 e. The van der Waals surface area contributed by atoms with Crippen LogP contribution in [0, 0.1) is 0 Å². The lowest BCUT2D eigenvalue weighted by atomic mass is 10.1. The largest absolute Gasteiger partial charge is 0.250 e. The Hall–Kier alpha value is -0.860. The van der Waals surface area contributed by atoms with Gasteiger partial charge in [-0.25, -0.2) is 4.98 Å². The maximum atomic E-state index is 4.21. The van der Waals surface area contributed by atoms with Gasteiger partial charge in [0, 0.05) is 12.5 Å². The Morgan fingerprint density at radius 2 is 2.27 bits per heavy atom. The molecule has 0 amide bonds. The molecule has 0 aromatic carbocycles. The van der Waals surface area contributed by atoms with Crippen molar-refractivity contribution in [1.29, 1.82) is 0 Å². The summed E-state index contributed by atoms with van der Waals surface area (Å²) in [4.78, 5) is 4.21. The van der Waals surface area contributed by atoms with Crippen LogP contribution >= 0.6 is 0 Å². The van der Waals surface area contributed by atoms with Crippen LogP contribution in [0.5, 0.6) is 0 Å². The van der Waals surface area contributed by atoms with Crippen LogP contribution in [0.15, 0.2) is 6.33 Å². The molecule has 3 heteroatoms. The summed E-state index contributed by atoms with van der Waals surface area (Å²) >= 11 is 0.